The molecule has 0 saturated carbocycles. The number of hydrogen-bond donors (Lipinski definition) is 1. The highest BCUT2D eigenvalue weighted by Gasteiger charge is 2.24. The number of carbonyl (C=O) groups is 1. The number of non-ortho nitro benzene ring substituents is 1. The molecule has 1 amide bonds. The fourth-order valence-electron chi connectivity index (χ4n) is 2.41. The van der Waals surface area contributed by atoms with E-state index in [-0.39, 0.29) is 23.7 Å². The van der Waals surface area contributed by atoms with Gasteiger partial charge in [-0.25, -0.2) is 0 Å². The molecule has 0 bridgehead atoms. The standard InChI is InChI=1S/C18H20N2O4/c1-18(2,22)13-19(12-14-7-4-3-5-8-14)17(21)15-9-6-10-16(11-15)20(23)24/h3-11,22H,12-13H2,1-2H3. The summed E-state index contributed by atoms with van der Waals surface area (Å²) in [6, 6.07) is 15.0. The molecular formula is C18H20N2O4. The van der Waals surface area contributed by atoms with Crippen molar-refractivity contribution < 1.29 is 14.8 Å². The first-order chi connectivity index (χ1) is 11.3. The molecule has 1 N–H and O–H groups in total. The van der Waals surface area contributed by atoms with Gasteiger partial charge < -0.3 is 10.0 Å². The van der Waals surface area contributed by atoms with Crippen LogP contribution in [0.1, 0.15) is 29.8 Å². The lowest BCUT2D eigenvalue weighted by molar-refractivity contribution is -0.384. The van der Waals surface area contributed by atoms with Crippen molar-refractivity contribution in [3.05, 3.63) is 75.8 Å². The van der Waals surface area contributed by atoms with Crippen LogP contribution in [-0.4, -0.2) is 33.0 Å². The van der Waals surface area contributed by atoms with Crippen molar-refractivity contribution in [3.8, 4) is 0 Å². The number of aliphatic hydroxyl groups is 1. The van der Waals surface area contributed by atoms with Gasteiger partial charge in [0, 0.05) is 30.8 Å². The second-order valence-electron chi connectivity index (χ2n) is 6.27. The van der Waals surface area contributed by atoms with Gasteiger partial charge in [0.25, 0.3) is 11.6 Å². The van der Waals surface area contributed by atoms with Crippen LogP contribution >= 0.6 is 0 Å². The van der Waals surface area contributed by atoms with E-state index in [1.54, 1.807) is 13.8 Å². The minimum absolute atomic E-state index is 0.115. The third-order valence-corrected chi connectivity index (χ3v) is 3.39. The molecule has 2 rings (SSSR count). The highest BCUT2D eigenvalue weighted by molar-refractivity contribution is 5.94. The van der Waals surface area contributed by atoms with E-state index in [1.807, 2.05) is 30.3 Å². The Labute approximate surface area is 140 Å². The van der Waals surface area contributed by atoms with E-state index in [0.29, 0.717) is 6.54 Å². The van der Waals surface area contributed by atoms with Crippen LogP contribution in [0.5, 0.6) is 0 Å². The maximum absolute atomic E-state index is 12.8. The third kappa shape index (κ3) is 4.89. The molecule has 0 atom stereocenters. The van der Waals surface area contributed by atoms with Crippen LogP contribution in [0.25, 0.3) is 0 Å². The van der Waals surface area contributed by atoms with Crippen LogP contribution in [-0.2, 0) is 6.54 Å². The maximum Gasteiger partial charge on any atom is 0.270 e. The number of benzene rings is 2. The Bertz CT molecular complexity index is 723. The summed E-state index contributed by atoms with van der Waals surface area (Å²) < 4.78 is 0. The third-order valence-electron chi connectivity index (χ3n) is 3.39. The van der Waals surface area contributed by atoms with Crippen molar-refractivity contribution in [2.75, 3.05) is 6.54 Å². The Morgan fingerprint density at radius 2 is 1.83 bits per heavy atom. The average Bonchev–Trinajstić information content (AvgIpc) is 2.53. The Morgan fingerprint density at radius 1 is 1.17 bits per heavy atom. The zero-order valence-electron chi connectivity index (χ0n) is 13.7. The molecule has 0 unspecified atom stereocenters. The normalized spacial score (nSPS) is 11.1. The molecular weight excluding hydrogens is 308 g/mol. The van der Waals surface area contributed by atoms with Crippen LogP contribution < -0.4 is 0 Å². The van der Waals surface area contributed by atoms with E-state index in [0.717, 1.165) is 5.56 Å². The van der Waals surface area contributed by atoms with Crippen LogP contribution in [0.3, 0.4) is 0 Å². The number of nitro benzene ring substituents is 1. The zero-order valence-corrected chi connectivity index (χ0v) is 13.7. The number of amides is 1. The van der Waals surface area contributed by atoms with Crippen molar-refractivity contribution in [1.29, 1.82) is 0 Å². The molecule has 0 heterocycles. The summed E-state index contributed by atoms with van der Waals surface area (Å²) >= 11 is 0. The highest BCUT2D eigenvalue weighted by Crippen LogP contribution is 2.18. The molecule has 6 heteroatoms. The molecule has 0 aliphatic heterocycles. The first kappa shape index (κ1) is 17.6. The van der Waals surface area contributed by atoms with Crippen molar-refractivity contribution in [1.82, 2.24) is 4.90 Å². The van der Waals surface area contributed by atoms with Gasteiger partial charge in [-0.3, -0.25) is 14.9 Å². The van der Waals surface area contributed by atoms with Gasteiger partial charge in [0.2, 0.25) is 0 Å². The zero-order chi connectivity index (χ0) is 17.7. The molecule has 0 fully saturated rings. The highest BCUT2D eigenvalue weighted by atomic mass is 16.6. The molecule has 6 nitrogen and oxygen atoms in total. The first-order valence-electron chi connectivity index (χ1n) is 7.56. The lowest BCUT2D eigenvalue weighted by atomic mass is 10.1. The molecule has 0 saturated heterocycles. The molecule has 24 heavy (non-hydrogen) atoms. The van der Waals surface area contributed by atoms with Crippen molar-refractivity contribution in [2.45, 2.75) is 26.0 Å². The van der Waals surface area contributed by atoms with Crippen molar-refractivity contribution in [2.24, 2.45) is 0 Å². The van der Waals surface area contributed by atoms with Crippen LogP contribution in [0.15, 0.2) is 54.6 Å². The number of nitro groups is 1. The van der Waals surface area contributed by atoms with E-state index in [4.69, 9.17) is 0 Å². The number of rotatable bonds is 6. The quantitative estimate of drug-likeness (QED) is 0.652. The smallest absolute Gasteiger partial charge is 0.270 e. The van der Waals surface area contributed by atoms with E-state index in [1.165, 1.54) is 29.2 Å². The first-order valence-corrected chi connectivity index (χ1v) is 7.56. The monoisotopic (exact) mass is 328 g/mol. The summed E-state index contributed by atoms with van der Waals surface area (Å²) in [6.45, 7) is 3.66. The Balaban J connectivity index is 2.30. The van der Waals surface area contributed by atoms with Gasteiger partial charge in [0.15, 0.2) is 0 Å². The summed E-state index contributed by atoms with van der Waals surface area (Å²) in [5, 5.41) is 21.0. The van der Waals surface area contributed by atoms with Gasteiger partial charge >= 0.3 is 0 Å². The number of nitrogens with zero attached hydrogens (tertiary/aromatic N) is 2. The summed E-state index contributed by atoms with van der Waals surface area (Å²) in [5.74, 6) is -0.357. The van der Waals surface area contributed by atoms with Crippen molar-refractivity contribution in [3.63, 3.8) is 0 Å². The van der Waals surface area contributed by atoms with Gasteiger partial charge in [-0.05, 0) is 25.5 Å². The minimum Gasteiger partial charge on any atom is -0.389 e. The van der Waals surface area contributed by atoms with E-state index < -0.39 is 10.5 Å². The molecule has 0 aromatic heterocycles. The van der Waals surface area contributed by atoms with Gasteiger partial charge in [0.1, 0.15) is 0 Å². The fourth-order valence-corrected chi connectivity index (χ4v) is 2.41. The molecule has 2 aromatic rings. The van der Waals surface area contributed by atoms with E-state index >= 15 is 0 Å². The molecule has 0 aliphatic rings. The maximum atomic E-state index is 12.8. The molecule has 2 aromatic carbocycles. The Hall–Kier alpha value is -2.73. The van der Waals surface area contributed by atoms with Gasteiger partial charge in [-0.1, -0.05) is 36.4 Å². The molecule has 0 aliphatic carbocycles. The van der Waals surface area contributed by atoms with Crippen LogP contribution in [0.4, 0.5) is 5.69 Å². The summed E-state index contributed by atoms with van der Waals surface area (Å²) in [7, 11) is 0. The van der Waals surface area contributed by atoms with Gasteiger partial charge in [0.05, 0.1) is 10.5 Å². The van der Waals surface area contributed by atoms with Crippen LogP contribution in [0, 0.1) is 10.1 Å². The second kappa shape index (κ2) is 7.23. The lowest BCUT2D eigenvalue weighted by Crippen LogP contribution is -2.41. The lowest BCUT2D eigenvalue weighted by Gasteiger charge is -2.29. The molecule has 126 valence electrons. The van der Waals surface area contributed by atoms with E-state index in [2.05, 4.69) is 0 Å². The Morgan fingerprint density at radius 3 is 2.42 bits per heavy atom. The number of carbonyl (C=O) groups excluding carboxylic acids is 1. The van der Waals surface area contributed by atoms with Crippen molar-refractivity contribution >= 4 is 11.6 Å². The molecule has 0 spiro atoms. The number of hydrogen-bond acceptors (Lipinski definition) is 4. The second-order valence-corrected chi connectivity index (χ2v) is 6.27. The van der Waals surface area contributed by atoms with Gasteiger partial charge in [-0.2, -0.15) is 0 Å². The van der Waals surface area contributed by atoms with Gasteiger partial charge in [-0.15, -0.1) is 0 Å². The van der Waals surface area contributed by atoms with E-state index in [9.17, 15) is 20.0 Å². The largest absolute Gasteiger partial charge is 0.389 e. The summed E-state index contributed by atoms with van der Waals surface area (Å²) in [5.41, 5.74) is -0.0702. The average molecular weight is 328 g/mol. The van der Waals surface area contributed by atoms with Crippen LogP contribution in [0.2, 0.25) is 0 Å². The summed E-state index contributed by atoms with van der Waals surface area (Å²) in [4.78, 5) is 24.7. The SMILES string of the molecule is CC(C)(O)CN(Cc1ccccc1)C(=O)c1cccc([N+](=O)[O-])c1. The predicted molar refractivity (Wildman–Crippen MR) is 90.6 cm³/mol. The topological polar surface area (TPSA) is 83.7 Å². The molecule has 0 radical (unpaired) electrons. The predicted octanol–water partition coefficient (Wildman–Crippen LogP) is 3.01. The summed E-state index contributed by atoms with van der Waals surface area (Å²) in [6.07, 6.45) is 0. The Kier molecular flexibility index (Phi) is 5.31. The fraction of sp³-hybridized carbons (Fsp3) is 0.278. The minimum atomic E-state index is -1.08.